The normalized spacial score (nSPS) is 10.8. The van der Waals surface area contributed by atoms with E-state index < -0.39 is 5.97 Å². The first kappa shape index (κ1) is 23.5. The van der Waals surface area contributed by atoms with E-state index in [1.54, 1.807) is 6.92 Å². The zero-order valence-electron chi connectivity index (χ0n) is 19.2. The fourth-order valence-electron chi connectivity index (χ4n) is 3.44. The average molecular weight is 452 g/mol. The first-order valence-corrected chi connectivity index (χ1v) is 11.6. The van der Waals surface area contributed by atoms with Crippen LogP contribution < -0.4 is 10.1 Å². The van der Waals surface area contributed by atoms with Gasteiger partial charge in [-0.3, -0.25) is 4.79 Å². The van der Waals surface area contributed by atoms with E-state index in [0.29, 0.717) is 22.2 Å². The van der Waals surface area contributed by atoms with Gasteiger partial charge in [-0.2, -0.15) is 0 Å². The molecule has 1 N–H and O–H groups in total. The summed E-state index contributed by atoms with van der Waals surface area (Å²) in [6.07, 6.45) is 0. The first-order chi connectivity index (χ1) is 15.3. The molecular weight excluding hydrogens is 422 g/mol. The van der Waals surface area contributed by atoms with Crippen molar-refractivity contribution >= 4 is 28.2 Å². The minimum atomic E-state index is -0.456. The number of hydrogen-bond donors (Lipinski definition) is 1. The Morgan fingerprint density at radius 2 is 1.69 bits per heavy atom. The van der Waals surface area contributed by atoms with E-state index in [1.807, 2.05) is 49.6 Å². The number of amides is 1. The molecule has 3 aromatic rings. The van der Waals surface area contributed by atoms with Crippen LogP contribution in [0, 0.1) is 13.8 Å². The Morgan fingerprint density at radius 3 is 2.28 bits per heavy atom. The van der Waals surface area contributed by atoms with Crippen molar-refractivity contribution in [3.8, 4) is 16.9 Å². The van der Waals surface area contributed by atoms with Gasteiger partial charge in [-0.15, -0.1) is 11.3 Å². The number of aryl methyl sites for hydroxylation is 2. The molecule has 1 aromatic heterocycles. The minimum absolute atomic E-state index is 0.149. The maximum atomic E-state index is 12.7. The summed E-state index contributed by atoms with van der Waals surface area (Å²) in [5.41, 5.74) is 5.17. The molecule has 0 bridgehead atoms. The molecule has 0 fully saturated rings. The monoisotopic (exact) mass is 451 g/mol. The molecule has 2 aromatic carbocycles. The van der Waals surface area contributed by atoms with Gasteiger partial charge in [-0.25, -0.2) is 4.79 Å². The van der Waals surface area contributed by atoms with Gasteiger partial charge in [0.15, 0.2) is 6.61 Å². The smallest absolute Gasteiger partial charge is 0.341 e. The largest absolute Gasteiger partial charge is 0.483 e. The second kappa shape index (κ2) is 10.5. The molecule has 1 heterocycles. The second-order valence-corrected chi connectivity index (χ2v) is 8.79. The van der Waals surface area contributed by atoms with Gasteiger partial charge in [0.25, 0.3) is 5.91 Å². The second-order valence-electron chi connectivity index (χ2n) is 7.91. The van der Waals surface area contributed by atoms with Gasteiger partial charge in [0.05, 0.1) is 6.61 Å². The van der Waals surface area contributed by atoms with Crippen molar-refractivity contribution < 1.29 is 19.1 Å². The summed E-state index contributed by atoms with van der Waals surface area (Å²) in [4.78, 5) is 25.4. The van der Waals surface area contributed by atoms with E-state index >= 15 is 0 Å². The average Bonchev–Trinajstić information content (AvgIpc) is 3.17. The van der Waals surface area contributed by atoms with Crippen LogP contribution in [-0.4, -0.2) is 25.1 Å². The van der Waals surface area contributed by atoms with E-state index in [0.717, 1.165) is 22.3 Å². The SMILES string of the molecule is CCOC(=O)c1c(-c2ccc(C(C)C)cc2)csc1NC(=O)COc1c(C)cccc1C. The van der Waals surface area contributed by atoms with Crippen molar-refractivity contribution in [2.75, 3.05) is 18.5 Å². The van der Waals surface area contributed by atoms with Gasteiger partial charge in [0, 0.05) is 10.9 Å². The summed E-state index contributed by atoms with van der Waals surface area (Å²) in [6, 6.07) is 13.9. The summed E-state index contributed by atoms with van der Waals surface area (Å²) in [6.45, 7) is 10.0. The lowest BCUT2D eigenvalue weighted by molar-refractivity contribution is -0.118. The summed E-state index contributed by atoms with van der Waals surface area (Å²) >= 11 is 1.30. The number of hydrogen-bond acceptors (Lipinski definition) is 5. The number of para-hydroxylation sites is 1. The van der Waals surface area contributed by atoms with Crippen LogP contribution in [0.3, 0.4) is 0 Å². The molecule has 0 aliphatic carbocycles. The fraction of sp³-hybridized carbons (Fsp3) is 0.308. The van der Waals surface area contributed by atoms with Crippen LogP contribution in [0.15, 0.2) is 47.8 Å². The number of anilines is 1. The van der Waals surface area contributed by atoms with Crippen molar-refractivity contribution in [3.05, 3.63) is 70.1 Å². The molecule has 0 atom stereocenters. The zero-order chi connectivity index (χ0) is 23.3. The predicted molar refractivity (Wildman–Crippen MR) is 130 cm³/mol. The first-order valence-electron chi connectivity index (χ1n) is 10.7. The summed E-state index contributed by atoms with van der Waals surface area (Å²) in [5, 5.41) is 5.17. The lowest BCUT2D eigenvalue weighted by atomic mass is 9.98. The van der Waals surface area contributed by atoms with Crippen LogP contribution in [-0.2, 0) is 9.53 Å². The lowest BCUT2D eigenvalue weighted by Gasteiger charge is -2.12. The lowest BCUT2D eigenvalue weighted by Crippen LogP contribution is -2.21. The van der Waals surface area contributed by atoms with E-state index in [9.17, 15) is 9.59 Å². The molecule has 0 aliphatic heterocycles. The van der Waals surface area contributed by atoms with E-state index in [1.165, 1.54) is 16.9 Å². The third-order valence-electron chi connectivity index (χ3n) is 5.17. The van der Waals surface area contributed by atoms with Crippen LogP contribution in [0.1, 0.15) is 53.7 Å². The Kier molecular flexibility index (Phi) is 7.70. The highest BCUT2D eigenvalue weighted by Gasteiger charge is 2.23. The number of rotatable bonds is 8. The topological polar surface area (TPSA) is 64.6 Å². The summed E-state index contributed by atoms with van der Waals surface area (Å²) in [5.74, 6) is 0.331. The maximum absolute atomic E-state index is 12.7. The summed E-state index contributed by atoms with van der Waals surface area (Å²) in [7, 11) is 0. The molecule has 0 spiro atoms. The minimum Gasteiger partial charge on any atom is -0.483 e. The van der Waals surface area contributed by atoms with Gasteiger partial charge in [0.1, 0.15) is 16.3 Å². The number of carbonyl (C=O) groups is 2. The molecular formula is C26H29NO4S. The number of ether oxygens (including phenoxy) is 2. The molecule has 0 saturated carbocycles. The molecule has 6 heteroatoms. The number of benzene rings is 2. The van der Waals surface area contributed by atoms with Crippen LogP contribution in [0.25, 0.3) is 11.1 Å². The number of thiophene rings is 1. The standard InChI is InChI=1S/C26H29NO4S/c1-6-30-26(29)23-21(20-12-10-19(11-13-20)16(2)3)15-32-25(23)27-22(28)14-31-24-17(4)8-7-9-18(24)5/h7-13,15-16H,6,14H2,1-5H3,(H,27,28). The molecule has 32 heavy (non-hydrogen) atoms. The Balaban J connectivity index is 1.83. The van der Waals surface area contributed by atoms with Crippen LogP contribution in [0.4, 0.5) is 5.00 Å². The molecule has 168 valence electrons. The number of esters is 1. The van der Waals surface area contributed by atoms with Gasteiger partial charge >= 0.3 is 5.97 Å². The van der Waals surface area contributed by atoms with Crippen molar-refractivity contribution in [1.82, 2.24) is 0 Å². The van der Waals surface area contributed by atoms with E-state index in [4.69, 9.17) is 9.47 Å². The molecule has 0 aliphatic rings. The van der Waals surface area contributed by atoms with Crippen molar-refractivity contribution in [2.45, 2.75) is 40.5 Å². The maximum Gasteiger partial charge on any atom is 0.341 e. The van der Waals surface area contributed by atoms with Crippen molar-refractivity contribution in [3.63, 3.8) is 0 Å². The highest BCUT2D eigenvalue weighted by atomic mass is 32.1. The Morgan fingerprint density at radius 1 is 1.03 bits per heavy atom. The Hall–Kier alpha value is -3.12. The van der Waals surface area contributed by atoms with Crippen LogP contribution in [0.5, 0.6) is 5.75 Å². The molecule has 0 radical (unpaired) electrons. The predicted octanol–water partition coefficient (Wildman–Crippen LogP) is 6.35. The van der Waals surface area contributed by atoms with Crippen molar-refractivity contribution in [1.29, 1.82) is 0 Å². The third kappa shape index (κ3) is 5.37. The van der Waals surface area contributed by atoms with Gasteiger partial charge in [0.2, 0.25) is 0 Å². The molecule has 0 unspecified atom stereocenters. The van der Waals surface area contributed by atoms with Gasteiger partial charge in [-0.05, 0) is 48.9 Å². The van der Waals surface area contributed by atoms with E-state index in [2.05, 4.69) is 31.3 Å². The highest BCUT2D eigenvalue weighted by Crippen LogP contribution is 2.37. The molecule has 3 rings (SSSR count). The number of nitrogens with one attached hydrogen (secondary N) is 1. The quantitative estimate of drug-likeness (QED) is 0.405. The third-order valence-corrected chi connectivity index (χ3v) is 6.06. The van der Waals surface area contributed by atoms with Crippen LogP contribution >= 0.6 is 11.3 Å². The van der Waals surface area contributed by atoms with E-state index in [-0.39, 0.29) is 19.1 Å². The molecule has 0 saturated heterocycles. The Bertz CT molecular complexity index is 1080. The number of carbonyl (C=O) groups excluding carboxylic acids is 2. The van der Waals surface area contributed by atoms with Crippen molar-refractivity contribution in [2.24, 2.45) is 0 Å². The van der Waals surface area contributed by atoms with Gasteiger partial charge in [-0.1, -0.05) is 56.3 Å². The molecule has 1 amide bonds. The Labute approximate surface area is 193 Å². The highest BCUT2D eigenvalue weighted by molar-refractivity contribution is 7.15. The van der Waals surface area contributed by atoms with Gasteiger partial charge < -0.3 is 14.8 Å². The summed E-state index contributed by atoms with van der Waals surface area (Å²) < 4.78 is 11.0. The van der Waals surface area contributed by atoms with Crippen LogP contribution in [0.2, 0.25) is 0 Å². The fourth-order valence-corrected chi connectivity index (χ4v) is 4.42. The molecule has 5 nitrogen and oxygen atoms in total. The zero-order valence-corrected chi connectivity index (χ0v) is 20.0.